The van der Waals surface area contributed by atoms with E-state index in [1.807, 2.05) is 34.6 Å². The summed E-state index contributed by atoms with van der Waals surface area (Å²) in [4.78, 5) is 11.7. The van der Waals surface area contributed by atoms with Gasteiger partial charge < -0.3 is 5.11 Å². The van der Waals surface area contributed by atoms with E-state index in [4.69, 9.17) is 0 Å². The molecule has 0 aromatic heterocycles. The highest BCUT2D eigenvalue weighted by Crippen LogP contribution is 2.18. The van der Waals surface area contributed by atoms with Crippen LogP contribution in [0.1, 0.15) is 47.5 Å². The van der Waals surface area contributed by atoms with Gasteiger partial charge in [0.25, 0.3) is 0 Å². The fourth-order valence-corrected chi connectivity index (χ4v) is 1.43. The minimum atomic E-state index is -0.0125. The highest BCUT2D eigenvalue weighted by Gasteiger charge is 2.17. The number of carbonyl (C=O) groups is 1. The zero-order chi connectivity index (χ0) is 12.0. The summed E-state index contributed by atoms with van der Waals surface area (Å²) in [5, 5.41) is 9.75. The molecule has 2 nitrogen and oxygen atoms in total. The van der Waals surface area contributed by atoms with Gasteiger partial charge in [0, 0.05) is 17.9 Å². The first-order valence-electron chi connectivity index (χ1n) is 5.88. The third-order valence-corrected chi connectivity index (χ3v) is 3.14. The van der Waals surface area contributed by atoms with Crippen molar-refractivity contribution in [2.24, 2.45) is 17.8 Å². The van der Waals surface area contributed by atoms with E-state index in [1.54, 1.807) is 0 Å². The number of rotatable bonds is 6. The maximum atomic E-state index is 11.7. The van der Waals surface area contributed by atoms with Crippen LogP contribution in [-0.4, -0.2) is 10.9 Å². The highest BCUT2D eigenvalue weighted by molar-refractivity contribution is 5.92. The monoisotopic (exact) mass is 212 g/mol. The second-order valence-electron chi connectivity index (χ2n) is 4.52. The average molecular weight is 212 g/mol. The van der Waals surface area contributed by atoms with E-state index in [1.165, 1.54) is 6.08 Å². The van der Waals surface area contributed by atoms with Crippen molar-refractivity contribution >= 4 is 5.78 Å². The molecular formula is C13H24O2. The molecule has 1 unspecified atom stereocenters. The molecule has 0 aromatic carbocycles. The molecule has 0 saturated carbocycles. The quantitative estimate of drug-likeness (QED) is 0.538. The predicted molar refractivity (Wildman–Crippen MR) is 63.8 cm³/mol. The van der Waals surface area contributed by atoms with Gasteiger partial charge >= 0.3 is 0 Å². The first-order chi connectivity index (χ1) is 6.93. The van der Waals surface area contributed by atoms with E-state index in [-0.39, 0.29) is 23.4 Å². The van der Waals surface area contributed by atoms with Crippen LogP contribution in [0, 0.1) is 17.8 Å². The van der Waals surface area contributed by atoms with Crippen molar-refractivity contribution in [1.29, 1.82) is 0 Å². The summed E-state index contributed by atoms with van der Waals surface area (Å²) in [6.45, 7) is 9.99. The van der Waals surface area contributed by atoms with Crippen molar-refractivity contribution in [3.63, 3.8) is 0 Å². The second kappa shape index (κ2) is 6.65. The van der Waals surface area contributed by atoms with Crippen molar-refractivity contribution in [3.05, 3.63) is 11.8 Å². The fraction of sp³-hybridized carbons (Fsp3) is 0.769. The number of hydrogen-bond donors (Lipinski definition) is 1. The van der Waals surface area contributed by atoms with Crippen LogP contribution in [0.25, 0.3) is 0 Å². The Balaban J connectivity index is 4.53. The summed E-state index contributed by atoms with van der Waals surface area (Å²) >= 11 is 0. The zero-order valence-corrected chi connectivity index (χ0v) is 10.6. The lowest BCUT2D eigenvalue weighted by Crippen LogP contribution is -2.16. The van der Waals surface area contributed by atoms with Gasteiger partial charge in [0.1, 0.15) is 0 Å². The lowest BCUT2D eigenvalue weighted by Gasteiger charge is -2.14. The average Bonchev–Trinajstić information content (AvgIpc) is 2.18. The Bertz CT molecular complexity index is 225. The van der Waals surface area contributed by atoms with Crippen molar-refractivity contribution in [3.8, 4) is 0 Å². The molecular weight excluding hydrogens is 188 g/mol. The molecule has 0 saturated heterocycles. The minimum absolute atomic E-state index is 0.0125. The van der Waals surface area contributed by atoms with Crippen molar-refractivity contribution in [2.45, 2.75) is 47.5 Å². The van der Waals surface area contributed by atoms with Crippen molar-refractivity contribution in [2.75, 3.05) is 0 Å². The summed E-state index contributed by atoms with van der Waals surface area (Å²) in [5.74, 6) is 0.727. The third-order valence-electron chi connectivity index (χ3n) is 3.14. The van der Waals surface area contributed by atoms with Crippen LogP contribution in [0.3, 0.4) is 0 Å². The lowest BCUT2D eigenvalue weighted by molar-refractivity contribution is -0.119. The molecule has 1 atom stereocenters. The maximum Gasteiger partial charge on any atom is 0.162 e. The Morgan fingerprint density at radius 1 is 1.20 bits per heavy atom. The number of hydrogen-bond acceptors (Lipinski definition) is 2. The molecule has 0 bridgehead atoms. The van der Waals surface area contributed by atoms with Crippen molar-refractivity contribution < 1.29 is 9.90 Å². The normalized spacial score (nSPS) is 14.7. The standard InChI is InChI=1S/C13H24O2/c1-6-11(7-2)13(15)8-12(14)10(5)9(3)4/h8-11,15H,6-7H2,1-5H3. The van der Waals surface area contributed by atoms with Gasteiger partial charge in [-0.3, -0.25) is 4.79 Å². The second-order valence-corrected chi connectivity index (χ2v) is 4.52. The van der Waals surface area contributed by atoms with Crippen LogP contribution in [0.4, 0.5) is 0 Å². The Labute approximate surface area is 93.4 Å². The predicted octanol–water partition coefficient (Wildman–Crippen LogP) is 3.73. The summed E-state index contributed by atoms with van der Waals surface area (Å²) in [7, 11) is 0. The maximum absolute atomic E-state index is 11.7. The number of carbonyl (C=O) groups excluding carboxylic acids is 1. The van der Waals surface area contributed by atoms with E-state index in [0.717, 1.165) is 12.8 Å². The summed E-state index contributed by atoms with van der Waals surface area (Å²) in [5.41, 5.74) is 0. The number of aliphatic hydroxyl groups excluding tert-OH is 1. The van der Waals surface area contributed by atoms with Crippen LogP contribution in [0.15, 0.2) is 11.8 Å². The first kappa shape index (κ1) is 14.2. The molecule has 0 radical (unpaired) electrons. The van der Waals surface area contributed by atoms with Crippen LogP contribution in [0.5, 0.6) is 0 Å². The zero-order valence-electron chi connectivity index (χ0n) is 10.6. The van der Waals surface area contributed by atoms with Gasteiger partial charge in [-0.05, 0) is 18.8 Å². The molecule has 0 spiro atoms. The van der Waals surface area contributed by atoms with E-state index in [0.29, 0.717) is 5.92 Å². The number of ketones is 1. The first-order valence-corrected chi connectivity index (χ1v) is 5.88. The van der Waals surface area contributed by atoms with E-state index in [9.17, 15) is 9.90 Å². The molecule has 1 N–H and O–H groups in total. The SMILES string of the molecule is CCC(CC)C(O)=CC(=O)C(C)C(C)C. The van der Waals surface area contributed by atoms with Crippen LogP contribution in [0.2, 0.25) is 0 Å². The fourth-order valence-electron chi connectivity index (χ4n) is 1.43. The Morgan fingerprint density at radius 2 is 1.67 bits per heavy atom. The highest BCUT2D eigenvalue weighted by atomic mass is 16.3. The third kappa shape index (κ3) is 4.50. The lowest BCUT2D eigenvalue weighted by atomic mass is 9.91. The van der Waals surface area contributed by atoms with E-state index in [2.05, 4.69) is 0 Å². The number of allylic oxidation sites excluding steroid dienone is 2. The number of aliphatic hydroxyl groups is 1. The van der Waals surface area contributed by atoms with E-state index < -0.39 is 0 Å². The largest absolute Gasteiger partial charge is 0.512 e. The Kier molecular flexibility index (Phi) is 6.30. The van der Waals surface area contributed by atoms with Gasteiger partial charge in [-0.25, -0.2) is 0 Å². The van der Waals surface area contributed by atoms with Gasteiger partial charge in [0.2, 0.25) is 0 Å². The summed E-state index contributed by atoms with van der Waals surface area (Å²) in [6, 6.07) is 0. The van der Waals surface area contributed by atoms with E-state index >= 15 is 0 Å². The molecule has 0 rings (SSSR count). The molecule has 0 aliphatic heterocycles. The molecule has 0 fully saturated rings. The smallest absolute Gasteiger partial charge is 0.162 e. The Hall–Kier alpha value is -0.790. The molecule has 0 aromatic rings. The van der Waals surface area contributed by atoms with Gasteiger partial charge in [-0.15, -0.1) is 0 Å². The topological polar surface area (TPSA) is 37.3 Å². The van der Waals surface area contributed by atoms with Crippen LogP contribution < -0.4 is 0 Å². The Morgan fingerprint density at radius 3 is 2.00 bits per heavy atom. The van der Waals surface area contributed by atoms with Crippen LogP contribution in [-0.2, 0) is 4.79 Å². The molecule has 88 valence electrons. The molecule has 2 heteroatoms. The molecule has 0 aliphatic rings. The molecule has 0 aliphatic carbocycles. The minimum Gasteiger partial charge on any atom is -0.512 e. The van der Waals surface area contributed by atoms with Gasteiger partial charge in [0.15, 0.2) is 5.78 Å². The van der Waals surface area contributed by atoms with Gasteiger partial charge in [-0.2, -0.15) is 0 Å². The molecule has 0 heterocycles. The molecule has 0 amide bonds. The van der Waals surface area contributed by atoms with Crippen molar-refractivity contribution in [1.82, 2.24) is 0 Å². The van der Waals surface area contributed by atoms with Crippen LogP contribution >= 0.6 is 0 Å². The summed E-state index contributed by atoms with van der Waals surface area (Å²) < 4.78 is 0. The van der Waals surface area contributed by atoms with Gasteiger partial charge in [-0.1, -0.05) is 34.6 Å². The summed E-state index contributed by atoms with van der Waals surface area (Å²) in [6.07, 6.45) is 3.17. The van der Waals surface area contributed by atoms with Gasteiger partial charge in [0.05, 0.1) is 5.76 Å². The molecule has 15 heavy (non-hydrogen) atoms.